The maximum Gasteiger partial charge on any atom is 0.200 e. The van der Waals surface area contributed by atoms with E-state index in [0.717, 1.165) is 16.7 Å². The molecule has 0 saturated heterocycles. The molecule has 0 fully saturated rings. The van der Waals surface area contributed by atoms with Crippen molar-refractivity contribution in [3.63, 3.8) is 0 Å². The van der Waals surface area contributed by atoms with Crippen LogP contribution in [0.25, 0.3) is 11.1 Å². The number of ether oxygens (including phenoxy) is 2. The summed E-state index contributed by atoms with van der Waals surface area (Å²) in [4.78, 5) is 0. The number of aryl methyl sites for hydroxylation is 2. The average Bonchev–Trinajstić information content (AvgIpc) is 2.69. The lowest BCUT2D eigenvalue weighted by Crippen LogP contribution is -2.00. The number of benzene rings is 3. The van der Waals surface area contributed by atoms with Crippen molar-refractivity contribution in [3.8, 4) is 22.6 Å². The molecular weight excluding hydrogens is 353 g/mol. The Kier molecular flexibility index (Phi) is 5.69. The summed E-state index contributed by atoms with van der Waals surface area (Å²) in [5.74, 6) is -2.17. The first-order valence-corrected chi connectivity index (χ1v) is 8.47. The summed E-state index contributed by atoms with van der Waals surface area (Å²) in [6, 6.07) is 15.3. The van der Waals surface area contributed by atoms with E-state index in [4.69, 9.17) is 9.47 Å². The van der Waals surface area contributed by atoms with Crippen LogP contribution in [0.4, 0.5) is 13.2 Å². The van der Waals surface area contributed by atoms with Crippen LogP contribution in [0.5, 0.6) is 11.5 Å². The summed E-state index contributed by atoms with van der Waals surface area (Å²) in [5.41, 5.74) is 2.88. The van der Waals surface area contributed by atoms with Crippen LogP contribution in [-0.2, 0) is 12.8 Å². The van der Waals surface area contributed by atoms with Gasteiger partial charge in [0.1, 0.15) is 0 Å². The molecule has 0 heterocycles. The van der Waals surface area contributed by atoms with E-state index in [1.165, 1.54) is 32.4 Å². The van der Waals surface area contributed by atoms with E-state index in [1.54, 1.807) is 12.1 Å². The van der Waals surface area contributed by atoms with E-state index in [9.17, 15) is 13.2 Å². The fraction of sp³-hybridized carbons (Fsp3) is 0.182. The maximum atomic E-state index is 14.0. The second-order valence-corrected chi connectivity index (χ2v) is 6.10. The second kappa shape index (κ2) is 8.16. The van der Waals surface area contributed by atoms with Crippen molar-refractivity contribution in [2.75, 3.05) is 14.2 Å². The summed E-state index contributed by atoms with van der Waals surface area (Å²) in [6.45, 7) is 0. The van der Waals surface area contributed by atoms with Crippen LogP contribution < -0.4 is 9.47 Å². The molecule has 0 bridgehead atoms. The molecule has 2 nitrogen and oxygen atoms in total. The molecule has 140 valence electrons. The number of halogens is 3. The molecule has 0 aliphatic carbocycles. The third-order valence-corrected chi connectivity index (χ3v) is 4.47. The van der Waals surface area contributed by atoms with E-state index >= 15 is 0 Å². The van der Waals surface area contributed by atoms with Gasteiger partial charge in [0.25, 0.3) is 0 Å². The van der Waals surface area contributed by atoms with E-state index in [-0.39, 0.29) is 11.5 Å². The minimum atomic E-state index is -0.966. The molecule has 0 aliphatic rings. The average molecular weight is 372 g/mol. The van der Waals surface area contributed by atoms with Crippen molar-refractivity contribution in [2.45, 2.75) is 12.8 Å². The monoisotopic (exact) mass is 372 g/mol. The van der Waals surface area contributed by atoms with Crippen molar-refractivity contribution in [1.82, 2.24) is 0 Å². The zero-order valence-electron chi connectivity index (χ0n) is 15.1. The lowest BCUT2D eigenvalue weighted by Gasteiger charge is -2.09. The molecule has 0 spiro atoms. The first-order valence-electron chi connectivity index (χ1n) is 8.47. The van der Waals surface area contributed by atoms with Gasteiger partial charge in [-0.25, -0.2) is 8.78 Å². The summed E-state index contributed by atoms with van der Waals surface area (Å²) in [6.07, 6.45) is 0.920. The Hall–Kier alpha value is -2.95. The third kappa shape index (κ3) is 4.08. The second-order valence-electron chi connectivity index (χ2n) is 6.10. The van der Waals surface area contributed by atoms with Crippen molar-refractivity contribution in [3.05, 3.63) is 83.2 Å². The zero-order chi connectivity index (χ0) is 19.4. The molecule has 0 radical (unpaired) electrons. The minimum absolute atomic E-state index is 0.104. The van der Waals surface area contributed by atoms with Crippen LogP contribution in [0.2, 0.25) is 0 Å². The van der Waals surface area contributed by atoms with Crippen LogP contribution >= 0.6 is 0 Å². The van der Waals surface area contributed by atoms with Crippen LogP contribution in [0, 0.1) is 17.5 Å². The Balaban J connectivity index is 1.71. The smallest absolute Gasteiger partial charge is 0.200 e. The Morgan fingerprint density at radius 2 is 1.30 bits per heavy atom. The molecule has 0 aromatic heterocycles. The third-order valence-electron chi connectivity index (χ3n) is 4.47. The predicted octanol–water partition coefficient (Wildman–Crippen LogP) is 5.57. The Morgan fingerprint density at radius 3 is 1.93 bits per heavy atom. The van der Waals surface area contributed by atoms with Gasteiger partial charge in [-0.2, -0.15) is 4.39 Å². The van der Waals surface area contributed by atoms with E-state index in [2.05, 4.69) is 0 Å². The fourth-order valence-corrected chi connectivity index (χ4v) is 2.91. The van der Waals surface area contributed by atoms with Gasteiger partial charge < -0.3 is 9.47 Å². The van der Waals surface area contributed by atoms with Gasteiger partial charge in [0, 0.05) is 0 Å². The van der Waals surface area contributed by atoms with Gasteiger partial charge in [-0.05, 0) is 53.3 Å². The number of methoxy groups -OCH3 is 2. The molecular formula is C22H19F3O2. The van der Waals surface area contributed by atoms with Crippen molar-refractivity contribution in [1.29, 1.82) is 0 Å². The van der Waals surface area contributed by atoms with Crippen molar-refractivity contribution < 1.29 is 22.6 Å². The molecule has 3 rings (SSSR count). The molecule has 5 heteroatoms. The first kappa shape index (κ1) is 18.8. The normalized spacial score (nSPS) is 10.7. The molecule has 3 aromatic rings. The lowest BCUT2D eigenvalue weighted by atomic mass is 10.00. The lowest BCUT2D eigenvalue weighted by molar-refractivity contribution is 0.370. The van der Waals surface area contributed by atoms with Crippen molar-refractivity contribution >= 4 is 0 Å². The van der Waals surface area contributed by atoms with E-state index in [1.807, 2.05) is 24.3 Å². The summed E-state index contributed by atoms with van der Waals surface area (Å²) >= 11 is 0. The quantitative estimate of drug-likeness (QED) is 0.563. The van der Waals surface area contributed by atoms with Gasteiger partial charge in [0.2, 0.25) is 5.82 Å². The fourth-order valence-electron chi connectivity index (χ4n) is 2.91. The standard InChI is InChI=1S/C22H19F3O2/c1-26-19-11-10-17(13-18(19)23)15-6-3-14(4-7-15)5-8-16-9-12-20(27-2)22(25)21(16)24/h3-4,6-7,9-13H,5,8H2,1-2H3. The highest BCUT2D eigenvalue weighted by Crippen LogP contribution is 2.27. The van der Waals surface area contributed by atoms with E-state index < -0.39 is 17.5 Å². The minimum Gasteiger partial charge on any atom is -0.494 e. The van der Waals surface area contributed by atoms with E-state index in [0.29, 0.717) is 18.4 Å². The topological polar surface area (TPSA) is 18.5 Å². The number of hydrogen-bond acceptors (Lipinski definition) is 2. The van der Waals surface area contributed by atoms with Crippen LogP contribution in [0.15, 0.2) is 54.6 Å². The SMILES string of the molecule is COc1ccc(-c2ccc(CCc3ccc(OC)c(F)c3F)cc2)cc1F. The summed E-state index contributed by atoms with van der Waals surface area (Å²) < 4.78 is 51.4. The van der Waals surface area contributed by atoms with Gasteiger partial charge in [-0.3, -0.25) is 0 Å². The maximum absolute atomic E-state index is 14.0. The van der Waals surface area contributed by atoms with Crippen molar-refractivity contribution in [2.24, 2.45) is 0 Å². The van der Waals surface area contributed by atoms with Gasteiger partial charge in [-0.1, -0.05) is 36.4 Å². The van der Waals surface area contributed by atoms with Crippen LogP contribution in [0.3, 0.4) is 0 Å². The van der Waals surface area contributed by atoms with Gasteiger partial charge >= 0.3 is 0 Å². The molecule has 0 amide bonds. The van der Waals surface area contributed by atoms with Crippen LogP contribution in [0.1, 0.15) is 11.1 Å². The highest BCUT2D eigenvalue weighted by molar-refractivity contribution is 5.64. The van der Waals surface area contributed by atoms with Gasteiger partial charge in [-0.15, -0.1) is 0 Å². The highest BCUT2D eigenvalue weighted by Gasteiger charge is 2.13. The molecule has 0 N–H and O–H groups in total. The first-order chi connectivity index (χ1) is 13.0. The number of hydrogen-bond donors (Lipinski definition) is 0. The Labute approximate surface area is 156 Å². The Bertz CT molecular complexity index is 937. The number of rotatable bonds is 6. The molecule has 0 atom stereocenters. The van der Waals surface area contributed by atoms with Gasteiger partial charge in [0.15, 0.2) is 23.1 Å². The molecule has 0 unspecified atom stereocenters. The van der Waals surface area contributed by atoms with Gasteiger partial charge in [0.05, 0.1) is 14.2 Å². The predicted molar refractivity (Wildman–Crippen MR) is 98.7 cm³/mol. The zero-order valence-corrected chi connectivity index (χ0v) is 15.1. The summed E-state index contributed by atoms with van der Waals surface area (Å²) in [7, 11) is 2.72. The molecule has 0 saturated carbocycles. The summed E-state index contributed by atoms with van der Waals surface area (Å²) in [5, 5.41) is 0. The van der Waals surface area contributed by atoms with Crippen LogP contribution in [-0.4, -0.2) is 14.2 Å². The molecule has 27 heavy (non-hydrogen) atoms. The highest BCUT2D eigenvalue weighted by atomic mass is 19.2. The largest absolute Gasteiger partial charge is 0.494 e. The molecule has 0 aliphatic heterocycles. The molecule has 3 aromatic carbocycles. The Morgan fingerprint density at radius 1 is 0.667 bits per heavy atom.